The van der Waals surface area contributed by atoms with Gasteiger partial charge >= 0.3 is 5.97 Å². The Morgan fingerprint density at radius 1 is 1.53 bits per heavy atom. The van der Waals surface area contributed by atoms with Gasteiger partial charge in [-0.25, -0.2) is 9.78 Å². The van der Waals surface area contributed by atoms with E-state index in [0.717, 1.165) is 24.2 Å². The molecule has 1 heterocycles. The molecule has 1 aromatic heterocycles. The van der Waals surface area contributed by atoms with Gasteiger partial charge < -0.3 is 14.8 Å². The maximum Gasteiger partial charge on any atom is 0.335 e. The molecule has 2 N–H and O–H groups in total. The number of carbonyl (C=O) groups is 1. The van der Waals surface area contributed by atoms with Crippen LogP contribution in [0.3, 0.4) is 0 Å². The second-order valence-electron chi connectivity index (χ2n) is 5.15. The van der Waals surface area contributed by atoms with E-state index in [-0.39, 0.29) is 18.2 Å². The van der Waals surface area contributed by atoms with Gasteiger partial charge in [0.05, 0.1) is 29.2 Å². The van der Waals surface area contributed by atoms with Crippen molar-refractivity contribution in [2.45, 2.75) is 31.7 Å². The van der Waals surface area contributed by atoms with Crippen LogP contribution in [0.4, 0.5) is 0 Å². The zero-order valence-electron chi connectivity index (χ0n) is 10.7. The summed E-state index contributed by atoms with van der Waals surface area (Å²) in [5.41, 5.74) is 1.84. The maximum atomic E-state index is 11.0. The molecule has 1 aromatic carbocycles. The summed E-state index contributed by atoms with van der Waals surface area (Å²) in [7, 11) is 0. The van der Waals surface area contributed by atoms with Crippen LogP contribution in [0.25, 0.3) is 11.0 Å². The molecule has 0 aliphatic heterocycles. The van der Waals surface area contributed by atoms with E-state index < -0.39 is 5.97 Å². The highest BCUT2D eigenvalue weighted by Crippen LogP contribution is 2.41. The third kappa shape index (κ3) is 2.00. The van der Waals surface area contributed by atoms with Crippen molar-refractivity contribution < 1.29 is 15.0 Å². The van der Waals surface area contributed by atoms with Gasteiger partial charge in [0.2, 0.25) is 0 Å². The predicted octanol–water partition coefficient (Wildman–Crippen LogP) is 2.17. The number of hydrogen-bond donors (Lipinski definition) is 2. The molecule has 5 heteroatoms. The van der Waals surface area contributed by atoms with Gasteiger partial charge in [0.25, 0.3) is 0 Å². The van der Waals surface area contributed by atoms with Gasteiger partial charge in [-0.2, -0.15) is 0 Å². The lowest BCUT2D eigenvalue weighted by Crippen LogP contribution is -2.12. The average molecular weight is 260 g/mol. The molecule has 0 amide bonds. The fourth-order valence-electron chi connectivity index (χ4n) is 2.42. The van der Waals surface area contributed by atoms with E-state index in [9.17, 15) is 9.90 Å². The highest BCUT2D eigenvalue weighted by Gasteiger charge is 2.31. The molecule has 0 bridgehead atoms. The summed E-state index contributed by atoms with van der Waals surface area (Å²) in [6, 6.07) is 4.92. The number of benzene rings is 1. The quantitative estimate of drug-likeness (QED) is 0.883. The molecule has 3 rings (SSSR count). The third-order valence-electron chi connectivity index (χ3n) is 3.61. The van der Waals surface area contributed by atoms with Crippen LogP contribution in [0.2, 0.25) is 0 Å². The zero-order chi connectivity index (χ0) is 13.6. The number of imidazole rings is 1. The standard InChI is InChI=1S/C14H16N2O3/c1-8(7-17)16-12-5-4-10(14(18)19)6-11(12)15-13(16)9-2-3-9/h4-6,8-9,17H,2-3,7H2,1H3,(H,18,19). The lowest BCUT2D eigenvalue weighted by molar-refractivity contribution is 0.0697. The molecule has 1 saturated carbocycles. The Hall–Kier alpha value is -1.88. The SMILES string of the molecule is CC(CO)n1c(C2CC2)nc2cc(C(=O)O)ccc21. The first kappa shape index (κ1) is 12.2. The number of aromatic nitrogens is 2. The van der Waals surface area contributed by atoms with E-state index in [1.807, 2.05) is 11.5 Å². The number of rotatable bonds is 4. The lowest BCUT2D eigenvalue weighted by Gasteiger charge is -2.14. The number of aromatic carboxylic acids is 1. The monoisotopic (exact) mass is 260 g/mol. The van der Waals surface area contributed by atoms with Crippen LogP contribution >= 0.6 is 0 Å². The van der Waals surface area contributed by atoms with Crippen molar-refractivity contribution in [2.75, 3.05) is 6.61 Å². The molecule has 5 nitrogen and oxygen atoms in total. The van der Waals surface area contributed by atoms with Crippen LogP contribution in [0.1, 0.15) is 47.9 Å². The van der Waals surface area contributed by atoms with E-state index in [2.05, 4.69) is 4.98 Å². The minimum atomic E-state index is -0.945. The van der Waals surface area contributed by atoms with Crippen LogP contribution in [0.15, 0.2) is 18.2 Å². The van der Waals surface area contributed by atoms with Gasteiger partial charge in [0.1, 0.15) is 5.82 Å². The second kappa shape index (κ2) is 4.35. The van der Waals surface area contributed by atoms with E-state index in [4.69, 9.17) is 5.11 Å². The molecule has 19 heavy (non-hydrogen) atoms. The van der Waals surface area contributed by atoms with Crippen LogP contribution in [-0.2, 0) is 0 Å². The van der Waals surface area contributed by atoms with Gasteiger partial charge in [0, 0.05) is 5.92 Å². The van der Waals surface area contributed by atoms with E-state index in [1.165, 1.54) is 0 Å². The number of hydrogen-bond acceptors (Lipinski definition) is 3. The van der Waals surface area contributed by atoms with Crippen LogP contribution < -0.4 is 0 Å². The largest absolute Gasteiger partial charge is 0.478 e. The van der Waals surface area contributed by atoms with Gasteiger partial charge in [-0.15, -0.1) is 0 Å². The van der Waals surface area contributed by atoms with Gasteiger partial charge in [-0.3, -0.25) is 0 Å². The van der Waals surface area contributed by atoms with Gasteiger partial charge in [-0.1, -0.05) is 0 Å². The molecule has 2 aromatic rings. The van der Waals surface area contributed by atoms with Crippen molar-refractivity contribution in [1.82, 2.24) is 9.55 Å². The number of carboxylic acid groups (broad SMARTS) is 1. The summed E-state index contributed by atoms with van der Waals surface area (Å²) in [4.78, 5) is 15.6. The summed E-state index contributed by atoms with van der Waals surface area (Å²) >= 11 is 0. The summed E-state index contributed by atoms with van der Waals surface area (Å²) in [6.45, 7) is 1.99. The minimum Gasteiger partial charge on any atom is -0.478 e. The smallest absolute Gasteiger partial charge is 0.335 e. The molecule has 0 saturated heterocycles. The first-order valence-electron chi connectivity index (χ1n) is 6.48. The molecule has 1 aliphatic rings. The average Bonchev–Trinajstić information content (AvgIpc) is 3.17. The molecular formula is C14H16N2O3. The number of fused-ring (bicyclic) bond motifs is 1. The molecule has 1 atom stereocenters. The normalized spacial score (nSPS) is 16.7. The highest BCUT2D eigenvalue weighted by atomic mass is 16.4. The number of aliphatic hydroxyl groups is 1. The van der Waals surface area contributed by atoms with Crippen molar-refractivity contribution in [2.24, 2.45) is 0 Å². The second-order valence-corrected chi connectivity index (χ2v) is 5.15. The number of carboxylic acids is 1. The van der Waals surface area contributed by atoms with Crippen molar-refractivity contribution in [3.63, 3.8) is 0 Å². The Morgan fingerprint density at radius 3 is 2.84 bits per heavy atom. The fraction of sp³-hybridized carbons (Fsp3) is 0.429. The first-order chi connectivity index (χ1) is 9.11. The summed E-state index contributed by atoms with van der Waals surface area (Å²) in [6.07, 6.45) is 2.24. The van der Waals surface area contributed by atoms with Crippen LogP contribution in [-0.4, -0.2) is 32.3 Å². The lowest BCUT2D eigenvalue weighted by atomic mass is 10.2. The summed E-state index contributed by atoms with van der Waals surface area (Å²) < 4.78 is 2.04. The van der Waals surface area contributed by atoms with Crippen LogP contribution in [0.5, 0.6) is 0 Å². The molecule has 100 valence electrons. The zero-order valence-corrected chi connectivity index (χ0v) is 10.7. The minimum absolute atomic E-state index is 0.0451. The third-order valence-corrected chi connectivity index (χ3v) is 3.61. The van der Waals surface area contributed by atoms with Crippen molar-refractivity contribution in [3.05, 3.63) is 29.6 Å². The molecule has 0 spiro atoms. The van der Waals surface area contributed by atoms with E-state index in [1.54, 1.807) is 18.2 Å². The van der Waals surface area contributed by atoms with E-state index >= 15 is 0 Å². The predicted molar refractivity (Wildman–Crippen MR) is 70.5 cm³/mol. The van der Waals surface area contributed by atoms with Crippen molar-refractivity contribution in [3.8, 4) is 0 Å². The van der Waals surface area contributed by atoms with Crippen molar-refractivity contribution in [1.29, 1.82) is 0 Å². The Bertz CT molecular complexity index is 643. The fourth-order valence-corrected chi connectivity index (χ4v) is 2.42. The summed E-state index contributed by atoms with van der Waals surface area (Å²) in [5, 5.41) is 18.4. The number of aliphatic hydroxyl groups excluding tert-OH is 1. The van der Waals surface area contributed by atoms with Gasteiger partial charge in [0.15, 0.2) is 0 Å². The topological polar surface area (TPSA) is 75.3 Å². The van der Waals surface area contributed by atoms with E-state index in [0.29, 0.717) is 11.4 Å². The molecule has 1 aliphatic carbocycles. The molecule has 0 radical (unpaired) electrons. The number of nitrogens with zero attached hydrogens (tertiary/aromatic N) is 2. The highest BCUT2D eigenvalue weighted by molar-refractivity contribution is 5.92. The molecule has 1 fully saturated rings. The maximum absolute atomic E-state index is 11.0. The molecule has 1 unspecified atom stereocenters. The van der Waals surface area contributed by atoms with Crippen LogP contribution in [0, 0.1) is 0 Å². The molecular weight excluding hydrogens is 244 g/mol. The summed E-state index contributed by atoms with van der Waals surface area (Å²) in [5.74, 6) is 0.480. The Kier molecular flexibility index (Phi) is 2.78. The Balaban J connectivity index is 2.20. The van der Waals surface area contributed by atoms with Gasteiger partial charge in [-0.05, 0) is 38.0 Å². The Labute approximate surface area is 110 Å². The Morgan fingerprint density at radius 2 is 2.26 bits per heavy atom. The van der Waals surface area contributed by atoms with Crippen molar-refractivity contribution >= 4 is 17.0 Å². The first-order valence-corrected chi connectivity index (χ1v) is 6.48.